The van der Waals surface area contributed by atoms with Crippen LogP contribution in [-0.2, 0) is 4.79 Å². The Hall–Kier alpha value is -1.04. The van der Waals surface area contributed by atoms with Crippen LogP contribution in [0.15, 0.2) is 17.6 Å². The molecule has 0 aromatic carbocycles. The lowest BCUT2D eigenvalue weighted by molar-refractivity contribution is -0.146. The zero-order valence-electron chi connectivity index (χ0n) is 16.3. The normalized spacial score (nSPS) is 17.7. The lowest BCUT2D eigenvalue weighted by Gasteiger charge is -2.26. The molecule has 0 bridgehead atoms. The average Bonchev–Trinajstić information content (AvgIpc) is 3.00. The molecule has 0 aromatic heterocycles. The van der Waals surface area contributed by atoms with E-state index in [0.29, 0.717) is 38.7 Å². The summed E-state index contributed by atoms with van der Waals surface area (Å²) in [6.07, 6.45) is -1.69. The molecule has 0 aromatic rings. The predicted octanol–water partition coefficient (Wildman–Crippen LogP) is 2.03. The van der Waals surface area contributed by atoms with Gasteiger partial charge >= 0.3 is 6.18 Å². The number of carbonyl (C=O) groups is 1. The van der Waals surface area contributed by atoms with Crippen LogP contribution < -0.4 is 5.32 Å². The van der Waals surface area contributed by atoms with Gasteiger partial charge in [0.15, 0.2) is 5.96 Å². The van der Waals surface area contributed by atoms with Crippen molar-refractivity contribution in [3.05, 3.63) is 12.7 Å². The maximum Gasteiger partial charge on any atom is 0.401 e. The third-order valence-corrected chi connectivity index (χ3v) is 4.22. The van der Waals surface area contributed by atoms with Gasteiger partial charge in [-0.3, -0.25) is 9.69 Å². The van der Waals surface area contributed by atoms with Gasteiger partial charge in [-0.1, -0.05) is 13.0 Å². The summed E-state index contributed by atoms with van der Waals surface area (Å²) in [6.45, 7) is 7.14. The van der Waals surface area contributed by atoms with Crippen LogP contribution >= 0.6 is 24.0 Å². The van der Waals surface area contributed by atoms with E-state index in [1.807, 2.05) is 4.90 Å². The molecule has 1 unspecified atom stereocenters. The second kappa shape index (κ2) is 12.4. The fraction of sp³-hybridized carbons (Fsp3) is 0.765. The van der Waals surface area contributed by atoms with Crippen LogP contribution in [0.5, 0.6) is 0 Å². The van der Waals surface area contributed by atoms with E-state index in [9.17, 15) is 18.0 Å². The van der Waals surface area contributed by atoms with E-state index in [1.54, 1.807) is 27.1 Å². The highest BCUT2D eigenvalue weighted by molar-refractivity contribution is 14.0. The van der Waals surface area contributed by atoms with Gasteiger partial charge < -0.3 is 15.1 Å². The molecule has 1 amide bonds. The van der Waals surface area contributed by atoms with E-state index < -0.39 is 12.7 Å². The Balaban J connectivity index is 0.00000676. The highest BCUT2D eigenvalue weighted by Crippen LogP contribution is 2.21. The standard InChI is InChI=1S/C17H30F3N5O.HI/c1-5-8-21-16(22-10-15(26)23(3)4)25-9-7-14(12-25)11-24(6-2)13-17(18,19)20;/h5,14H,1,6-13H2,2-4H3,(H,21,22);1H. The first kappa shape index (κ1) is 26.0. The summed E-state index contributed by atoms with van der Waals surface area (Å²) in [5.41, 5.74) is 0. The molecule has 158 valence electrons. The van der Waals surface area contributed by atoms with Crippen LogP contribution in [-0.4, -0.2) is 92.7 Å². The van der Waals surface area contributed by atoms with Gasteiger partial charge in [0.05, 0.1) is 6.54 Å². The summed E-state index contributed by atoms with van der Waals surface area (Å²) in [6, 6.07) is 0. The Bertz CT molecular complexity index is 499. The third kappa shape index (κ3) is 10.2. The van der Waals surface area contributed by atoms with Crippen molar-refractivity contribution in [2.75, 3.05) is 59.9 Å². The lowest BCUT2D eigenvalue weighted by Crippen LogP contribution is -2.42. The summed E-state index contributed by atoms with van der Waals surface area (Å²) >= 11 is 0. The summed E-state index contributed by atoms with van der Waals surface area (Å²) in [7, 11) is 3.33. The first-order chi connectivity index (χ1) is 12.2. The number of nitrogens with one attached hydrogen (secondary N) is 1. The number of aliphatic imine (C=N–C) groups is 1. The Morgan fingerprint density at radius 3 is 2.59 bits per heavy atom. The van der Waals surface area contributed by atoms with E-state index in [4.69, 9.17) is 0 Å². The fourth-order valence-corrected chi connectivity index (χ4v) is 2.81. The minimum atomic E-state index is -4.18. The molecule has 1 N–H and O–H groups in total. The SMILES string of the molecule is C=CCNC(=NCC(=O)N(C)C)N1CCC(CN(CC)CC(F)(F)F)C1.I. The summed E-state index contributed by atoms with van der Waals surface area (Å²) in [5.74, 6) is 0.625. The molecule has 1 heterocycles. The van der Waals surface area contributed by atoms with Crippen LogP contribution in [0.3, 0.4) is 0 Å². The minimum Gasteiger partial charge on any atom is -0.353 e. The number of alkyl halides is 3. The number of likely N-dealkylation sites (tertiary alicyclic amines) is 1. The zero-order chi connectivity index (χ0) is 19.7. The van der Waals surface area contributed by atoms with E-state index in [-0.39, 0.29) is 42.3 Å². The molecule has 1 atom stereocenters. The number of amides is 1. The molecule has 0 radical (unpaired) electrons. The molecule has 1 saturated heterocycles. The van der Waals surface area contributed by atoms with Gasteiger partial charge in [-0.05, 0) is 18.9 Å². The van der Waals surface area contributed by atoms with Crippen LogP contribution in [0.25, 0.3) is 0 Å². The number of rotatable bonds is 8. The summed E-state index contributed by atoms with van der Waals surface area (Å²) in [5, 5.41) is 3.13. The van der Waals surface area contributed by atoms with Gasteiger partial charge in [0.2, 0.25) is 5.91 Å². The number of hydrogen-bond donors (Lipinski definition) is 1. The molecule has 6 nitrogen and oxygen atoms in total. The first-order valence-corrected chi connectivity index (χ1v) is 8.79. The van der Waals surface area contributed by atoms with E-state index in [2.05, 4.69) is 16.9 Å². The van der Waals surface area contributed by atoms with E-state index in [0.717, 1.165) is 6.42 Å². The third-order valence-electron chi connectivity index (χ3n) is 4.22. The second-order valence-corrected chi connectivity index (χ2v) is 6.64. The van der Waals surface area contributed by atoms with Gasteiger partial charge in [-0.2, -0.15) is 13.2 Å². The van der Waals surface area contributed by atoms with Crippen molar-refractivity contribution in [1.29, 1.82) is 0 Å². The Labute approximate surface area is 176 Å². The first-order valence-electron chi connectivity index (χ1n) is 8.79. The monoisotopic (exact) mass is 505 g/mol. The molecule has 1 aliphatic rings. The van der Waals surface area contributed by atoms with Gasteiger partial charge in [0.25, 0.3) is 0 Å². The quantitative estimate of drug-likeness (QED) is 0.238. The molecule has 10 heteroatoms. The van der Waals surface area contributed by atoms with E-state index >= 15 is 0 Å². The number of hydrogen-bond acceptors (Lipinski definition) is 3. The van der Waals surface area contributed by atoms with Gasteiger partial charge in [0.1, 0.15) is 6.54 Å². The molecule has 1 aliphatic heterocycles. The van der Waals surface area contributed by atoms with Crippen molar-refractivity contribution in [3.63, 3.8) is 0 Å². The molecule has 0 saturated carbocycles. The van der Waals surface area contributed by atoms with Crippen molar-refractivity contribution < 1.29 is 18.0 Å². The average molecular weight is 505 g/mol. The van der Waals surface area contributed by atoms with Crippen molar-refractivity contribution in [2.45, 2.75) is 19.5 Å². The topological polar surface area (TPSA) is 51.2 Å². The highest BCUT2D eigenvalue weighted by atomic mass is 127. The molecule has 27 heavy (non-hydrogen) atoms. The maximum absolute atomic E-state index is 12.6. The molecule has 1 fully saturated rings. The number of carbonyl (C=O) groups excluding carboxylic acids is 1. The van der Waals surface area contributed by atoms with Crippen molar-refractivity contribution in [3.8, 4) is 0 Å². The van der Waals surface area contributed by atoms with Gasteiger partial charge in [-0.15, -0.1) is 30.6 Å². The van der Waals surface area contributed by atoms with Crippen LogP contribution in [0.2, 0.25) is 0 Å². The number of guanidine groups is 1. The van der Waals surface area contributed by atoms with E-state index in [1.165, 1.54) is 9.80 Å². The smallest absolute Gasteiger partial charge is 0.353 e. The Morgan fingerprint density at radius 1 is 1.41 bits per heavy atom. The van der Waals surface area contributed by atoms with Crippen LogP contribution in [0.4, 0.5) is 13.2 Å². The molecule has 0 aliphatic carbocycles. The molecule has 1 rings (SSSR count). The van der Waals surface area contributed by atoms with Crippen molar-refractivity contribution >= 4 is 35.8 Å². The van der Waals surface area contributed by atoms with Gasteiger partial charge in [0, 0.05) is 40.3 Å². The largest absolute Gasteiger partial charge is 0.401 e. The fourth-order valence-electron chi connectivity index (χ4n) is 2.81. The Morgan fingerprint density at radius 2 is 2.07 bits per heavy atom. The summed E-state index contributed by atoms with van der Waals surface area (Å²) in [4.78, 5) is 21.0. The minimum absolute atomic E-state index is 0. The molecular weight excluding hydrogens is 474 g/mol. The number of likely N-dealkylation sites (N-methyl/N-ethyl adjacent to an activating group) is 1. The number of halogens is 4. The molecule has 0 spiro atoms. The zero-order valence-corrected chi connectivity index (χ0v) is 18.6. The maximum atomic E-state index is 12.6. The van der Waals surface area contributed by atoms with Crippen LogP contribution in [0.1, 0.15) is 13.3 Å². The van der Waals surface area contributed by atoms with Crippen LogP contribution in [0, 0.1) is 5.92 Å². The van der Waals surface area contributed by atoms with Gasteiger partial charge in [-0.25, -0.2) is 4.99 Å². The van der Waals surface area contributed by atoms with Crippen molar-refractivity contribution in [1.82, 2.24) is 20.0 Å². The number of nitrogens with zero attached hydrogens (tertiary/aromatic N) is 4. The molecular formula is C17H31F3IN5O. The Kier molecular flexibility index (Phi) is 11.9. The lowest BCUT2D eigenvalue weighted by atomic mass is 10.1. The highest BCUT2D eigenvalue weighted by Gasteiger charge is 2.33. The predicted molar refractivity (Wildman–Crippen MR) is 112 cm³/mol. The second-order valence-electron chi connectivity index (χ2n) is 6.64. The summed E-state index contributed by atoms with van der Waals surface area (Å²) < 4.78 is 37.9. The van der Waals surface area contributed by atoms with Crippen molar-refractivity contribution in [2.24, 2.45) is 10.9 Å².